The molecule has 3 aromatic rings. The van der Waals surface area contributed by atoms with E-state index in [1.54, 1.807) is 7.11 Å². The Hall–Kier alpha value is -2.94. The third-order valence-electron chi connectivity index (χ3n) is 6.21. The first-order valence-electron chi connectivity index (χ1n) is 10.7. The van der Waals surface area contributed by atoms with Gasteiger partial charge in [-0.2, -0.15) is 4.37 Å². The monoisotopic (exact) mass is 439 g/mol. The number of nitrogens with zero attached hydrogens (tertiary/aromatic N) is 3. The van der Waals surface area contributed by atoms with E-state index >= 15 is 0 Å². The summed E-state index contributed by atoms with van der Waals surface area (Å²) < 4.78 is 10.2. The molecule has 1 aliphatic heterocycles. The number of methoxy groups -OCH3 is 1. The number of hydrogen-bond donors (Lipinski definition) is 2. The lowest BCUT2D eigenvalue weighted by Gasteiger charge is -2.29. The Morgan fingerprint density at radius 2 is 2.03 bits per heavy atom. The summed E-state index contributed by atoms with van der Waals surface area (Å²) >= 11 is 1.30. The first-order valence-corrected chi connectivity index (χ1v) is 11.5. The van der Waals surface area contributed by atoms with Crippen LogP contribution in [0.3, 0.4) is 0 Å². The molecule has 0 spiro atoms. The van der Waals surface area contributed by atoms with Gasteiger partial charge in [0.25, 0.3) is 5.56 Å². The number of piperazine rings is 1. The second kappa shape index (κ2) is 8.30. The number of benzene rings is 1. The van der Waals surface area contributed by atoms with Gasteiger partial charge in [0.1, 0.15) is 17.0 Å². The molecule has 2 fully saturated rings. The number of fused-ring (bicyclic) bond motifs is 1. The van der Waals surface area contributed by atoms with E-state index in [1.807, 2.05) is 23.1 Å². The summed E-state index contributed by atoms with van der Waals surface area (Å²) in [6.45, 7) is 1.66. The quantitative estimate of drug-likeness (QED) is 0.648. The zero-order valence-electron chi connectivity index (χ0n) is 17.4. The summed E-state index contributed by atoms with van der Waals surface area (Å²) in [5.41, 5.74) is 2.37. The first-order chi connectivity index (χ1) is 15.1. The molecule has 162 valence electrons. The predicted octanol–water partition coefficient (Wildman–Crippen LogP) is 3.04. The van der Waals surface area contributed by atoms with Crippen molar-refractivity contribution >= 4 is 33.3 Å². The fourth-order valence-corrected chi connectivity index (χ4v) is 5.44. The van der Waals surface area contributed by atoms with Crippen LogP contribution in [0, 0.1) is 0 Å². The minimum absolute atomic E-state index is 0.00436. The van der Waals surface area contributed by atoms with Gasteiger partial charge in [0, 0.05) is 30.8 Å². The number of hydrogen-bond acceptors (Lipinski definition) is 7. The number of carbonyl (C=O) groups is 1. The van der Waals surface area contributed by atoms with Crippen LogP contribution in [-0.4, -0.2) is 47.0 Å². The highest BCUT2D eigenvalue weighted by molar-refractivity contribution is 7.12. The van der Waals surface area contributed by atoms with Crippen LogP contribution in [0.5, 0.6) is 5.75 Å². The van der Waals surface area contributed by atoms with E-state index in [9.17, 15) is 9.59 Å². The van der Waals surface area contributed by atoms with Gasteiger partial charge in [-0.15, -0.1) is 0 Å². The minimum atomic E-state index is -0.145. The third kappa shape index (κ3) is 3.78. The number of ether oxygens (including phenoxy) is 1. The Bertz CT molecular complexity index is 1180. The van der Waals surface area contributed by atoms with E-state index in [4.69, 9.17) is 9.72 Å². The van der Waals surface area contributed by atoms with Crippen LogP contribution in [0.1, 0.15) is 43.7 Å². The molecule has 1 saturated heterocycles. The highest BCUT2D eigenvalue weighted by Crippen LogP contribution is 2.37. The fraction of sp³-hybridized carbons (Fsp3) is 0.455. The van der Waals surface area contributed by atoms with Gasteiger partial charge in [-0.05, 0) is 36.5 Å². The molecule has 3 heterocycles. The van der Waals surface area contributed by atoms with Crippen LogP contribution in [0.4, 0.5) is 5.69 Å². The molecule has 2 N–H and O–H groups in total. The molecular weight excluding hydrogens is 414 g/mol. The van der Waals surface area contributed by atoms with E-state index < -0.39 is 0 Å². The molecule has 1 aliphatic carbocycles. The Labute approximate surface area is 183 Å². The van der Waals surface area contributed by atoms with Crippen molar-refractivity contribution in [3.8, 4) is 17.1 Å². The van der Waals surface area contributed by atoms with Crippen molar-refractivity contribution in [3.63, 3.8) is 0 Å². The van der Waals surface area contributed by atoms with Gasteiger partial charge in [-0.25, -0.2) is 4.98 Å². The molecule has 8 nitrogen and oxygen atoms in total. The number of anilines is 1. The van der Waals surface area contributed by atoms with Gasteiger partial charge in [0.2, 0.25) is 5.91 Å². The molecule has 0 unspecified atom stereocenters. The van der Waals surface area contributed by atoms with Crippen molar-refractivity contribution < 1.29 is 9.53 Å². The van der Waals surface area contributed by atoms with E-state index in [0.29, 0.717) is 46.4 Å². The molecule has 0 bridgehead atoms. The average Bonchev–Trinajstić information content (AvgIpc) is 3.24. The van der Waals surface area contributed by atoms with Gasteiger partial charge in [-0.3, -0.25) is 9.59 Å². The summed E-state index contributed by atoms with van der Waals surface area (Å²) in [6, 6.07) is 5.70. The van der Waals surface area contributed by atoms with Crippen molar-refractivity contribution in [3.05, 3.63) is 34.2 Å². The lowest BCUT2D eigenvalue weighted by molar-refractivity contribution is -0.120. The predicted molar refractivity (Wildman–Crippen MR) is 121 cm³/mol. The summed E-state index contributed by atoms with van der Waals surface area (Å²) in [5.74, 6) is 1.43. The molecule has 1 saturated carbocycles. The van der Waals surface area contributed by atoms with Crippen LogP contribution in [0.15, 0.2) is 23.0 Å². The van der Waals surface area contributed by atoms with E-state index in [1.165, 1.54) is 30.8 Å². The average molecular weight is 440 g/mol. The second-order valence-corrected chi connectivity index (χ2v) is 8.91. The normalized spacial score (nSPS) is 17.7. The molecule has 1 aromatic carbocycles. The van der Waals surface area contributed by atoms with Gasteiger partial charge >= 0.3 is 0 Å². The van der Waals surface area contributed by atoms with Crippen molar-refractivity contribution in [2.24, 2.45) is 0 Å². The van der Waals surface area contributed by atoms with Gasteiger partial charge in [0.15, 0.2) is 4.83 Å². The van der Waals surface area contributed by atoms with Crippen molar-refractivity contribution in [2.45, 2.75) is 38.0 Å². The van der Waals surface area contributed by atoms with Gasteiger partial charge < -0.3 is 19.9 Å². The van der Waals surface area contributed by atoms with Crippen LogP contribution >= 0.6 is 11.5 Å². The summed E-state index contributed by atoms with van der Waals surface area (Å²) in [4.78, 5) is 35.1. The SMILES string of the molecule is COc1cc(N2CCNC(=O)C2)ccc1-c1nc2snc(C3CCCCC3)c2c(=O)[nH]1. The van der Waals surface area contributed by atoms with E-state index in [0.717, 1.165) is 30.8 Å². The fourth-order valence-electron chi connectivity index (χ4n) is 4.60. The Balaban J connectivity index is 1.51. The van der Waals surface area contributed by atoms with Crippen LogP contribution < -0.4 is 20.5 Å². The number of aromatic nitrogens is 3. The molecule has 0 atom stereocenters. The number of amides is 1. The van der Waals surface area contributed by atoms with Gasteiger partial charge in [-0.1, -0.05) is 19.3 Å². The highest BCUT2D eigenvalue weighted by Gasteiger charge is 2.24. The highest BCUT2D eigenvalue weighted by atomic mass is 32.1. The maximum absolute atomic E-state index is 13.0. The summed E-state index contributed by atoms with van der Waals surface area (Å²) in [7, 11) is 1.59. The maximum Gasteiger partial charge on any atom is 0.261 e. The zero-order chi connectivity index (χ0) is 21.4. The van der Waals surface area contributed by atoms with Crippen LogP contribution in [-0.2, 0) is 4.79 Å². The van der Waals surface area contributed by atoms with Crippen LogP contribution in [0.2, 0.25) is 0 Å². The molecule has 1 amide bonds. The summed E-state index contributed by atoms with van der Waals surface area (Å²) in [6.07, 6.45) is 5.81. The molecule has 31 heavy (non-hydrogen) atoms. The lowest BCUT2D eigenvalue weighted by Crippen LogP contribution is -2.47. The molecule has 2 aromatic heterocycles. The molecule has 9 heteroatoms. The Morgan fingerprint density at radius 3 is 2.81 bits per heavy atom. The largest absolute Gasteiger partial charge is 0.496 e. The smallest absolute Gasteiger partial charge is 0.261 e. The summed E-state index contributed by atoms with van der Waals surface area (Å²) in [5, 5.41) is 3.46. The molecule has 5 rings (SSSR count). The van der Waals surface area contributed by atoms with E-state index in [-0.39, 0.29) is 11.5 Å². The van der Waals surface area contributed by atoms with Crippen LogP contribution in [0.25, 0.3) is 21.6 Å². The zero-order valence-corrected chi connectivity index (χ0v) is 18.3. The van der Waals surface area contributed by atoms with Crippen molar-refractivity contribution in [2.75, 3.05) is 31.6 Å². The number of carbonyl (C=O) groups excluding carboxylic acids is 1. The molecule has 0 radical (unpaired) electrons. The Kier molecular flexibility index (Phi) is 5.35. The molecular formula is C22H25N5O3S. The number of H-pyrrole nitrogens is 1. The van der Waals surface area contributed by atoms with Gasteiger partial charge in [0.05, 0.1) is 24.9 Å². The number of nitrogens with one attached hydrogen (secondary N) is 2. The minimum Gasteiger partial charge on any atom is -0.496 e. The van der Waals surface area contributed by atoms with E-state index in [2.05, 4.69) is 14.7 Å². The third-order valence-corrected chi connectivity index (χ3v) is 6.96. The maximum atomic E-state index is 13.0. The second-order valence-electron chi connectivity index (χ2n) is 8.15. The topological polar surface area (TPSA) is 100 Å². The van der Waals surface area contributed by atoms with Crippen molar-refractivity contribution in [1.29, 1.82) is 0 Å². The number of rotatable bonds is 4. The Morgan fingerprint density at radius 1 is 1.19 bits per heavy atom. The number of aromatic amines is 1. The standard InChI is InChI=1S/C22H25N5O3S/c1-30-16-11-14(27-10-9-23-17(28)12-27)7-8-15(16)20-24-21(29)18-19(26-31-22(18)25-20)13-5-3-2-4-6-13/h7-8,11,13H,2-6,9-10,12H2,1H3,(H,23,28)(H,24,25,29). The first kappa shape index (κ1) is 20.0. The molecule has 2 aliphatic rings. The lowest BCUT2D eigenvalue weighted by atomic mass is 9.86. The van der Waals surface area contributed by atoms with Crippen molar-refractivity contribution in [1.82, 2.24) is 19.7 Å².